The number of hydrogen-bond acceptors (Lipinski definition) is 1. The van der Waals surface area contributed by atoms with Crippen LogP contribution < -0.4 is 21.3 Å². The van der Waals surface area contributed by atoms with Crippen LogP contribution in [0, 0.1) is 6.92 Å². The van der Waals surface area contributed by atoms with Gasteiger partial charge in [0.25, 0.3) is 0 Å². The molecule has 0 bridgehead atoms. The van der Waals surface area contributed by atoms with Gasteiger partial charge in [0.15, 0.2) is 0 Å². The molecule has 9 heavy (non-hydrogen) atoms. The van der Waals surface area contributed by atoms with Crippen molar-refractivity contribution in [1.29, 1.82) is 0 Å². The van der Waals surface area contributed by atoms with Crippen LogP contribution in [0.2, 0.25) is 0 Å². The molecule has 3 heteroatoms. The van der Waals surface area contributed by atoms with Crippen LogP contribution in [0.25, 0.3) is 0 Å². The van der Waals surface area contributed by atoms with E-state index in [1.54, 1.807) is 0 Å². The molecule has 0 radical (unpaired) electrons. The molecule has 0 N–H and O–H groups in total. The Labute approximate surface area is 75.3 Å². The minimum absolute atomic E-state index is 0. The van der Waals surface area contributed by atoms with E-state index in [0.29, 0.717) is 0 Å². The molecule has 0 aliphatic carbocycles. The van der Waals surface area contributed by atoms with E-state index >= 15 is 0 Å². The van der Waals surface area contributed by atoms with Crippen molar-refractivity contribution in [1.82, 2.24) is 4.98 Å². The molecule has 0 aliphatic rings. The van der Waals surface area contributed by atoms with E-state index in [9.17, 15) is 0 Å². The summed E-state index contributed by atoms with van der Waals surface area (Å²) >= 11 is 1.15. The second-order valence-electron chi connectivity index (χ2n) is 1.82. The predicted octanol–water partition coefficient (Wildman–Crippen LogP) is -2.43. The predicted molar refractivity (Wildman–Crippen MR) is 28.6 cm³/mol. The summed E-state index contributed by atoms with van der Waals surface area (Å²) in [5, 5.41) is 0. The molecular weight excluding hydrogens is 231 g/mol. The zero-order chi connectivity index (χ0) is 5.98. The summed E-state index contributed by atoms with van der Waals surface area (Å²) in [4.78, 5) is 4.10. The molecular formula is C6H6BrNZn. The number of rotatable bonds is 0. The molecule has 1 aromatic heterocycles. The van der Waals surface area contributed by atoms with Crippen LogP contribution in [0.4, 0.5) is 0 Å². The van der Waals surface area contributed by atoms with Gasteiger partial charge in [0, 0.05) is 0 Å². The van der Waals surface area contributed by atoms with Gasteiger partial charge in [-0.05, 0) is 0 Å². The fraction of sp³-hybridized carbons (Fsp3) is 0.167. The second-order valence-corrected chi connectivity index (χ2v) is 3.34. The van der Waals surface area contributed by atoms with Gasteiger partial charge >= 0.3 is 58.4 Å². The Morgan fingerprint density at radius 2 is 2.22 bits per heavy atom. The zero-order valence-corrected chi connectivity index (χ0v) is 9.82. The van der Waals surface area contributed by atoms with Gasteiger partial charge in [-0.15, -0.1) is 0 Å². The summed E-state index contributed by atoms with van der Waals surface area (Å²) in [7, 11) is 0. The summed E-state index contributed by atoms with van der Waals surface area (Å²) in [6, 6.07) is 4.12. The Kier molecular flexibility index (Phi) is 4.25. The molecule has 0 saturated carbocycles. The maximum Gasteiger partial charge on any atom is -1.00 e. The van der Waals surface area contributed by atoms with Gasteiger partial charge in [0.2, 0.25) is 0 Å². The normalized spacial score (nSPS) is 8.33. The van der Waals surface area contributed by atoms with E-state index in [1.165, 1.54) is 9.85 Å². The van der Waals surface area contributed by atoms with Crippen LogP contribution >= 0.6 is 0 Å². The first-order valence-corrected chi connectivity index (χ1v) is 4.02. The molecule has 0 aromatic carbocycles. The van der Waals surface area contributed by atoms with Gasteiger partial charge in [-0.1, -0.05) is 0 Å². The molecule has 0 unspecified atom stereocenters. The third-order valence-electron chi connectivity index (χ3n) is 0.972. The Hall–Kier alpha value is 0.253. The van der Waals surface area contributed by atoms with Crippen molar-refractivity contribution in [3.8, 4) is 0 Å². The monoisotopic (exact) mass is 235 g/mol. The van der Waals surface area contributed by atoms with Crippen LogP contribution in [0.15, 0.2) is 18.3 Å². The average molecular weight is 237 g/mol. The minimum atomic E-state index is 0. The quantitative estimate of drug-likeness (QED) is 0.457. The number of hydrogen-bond donors (Lipinski definition) is 0. The Morgan fingerprint density at radius 3 is 2.56 bits per heavy atom. The van der Waals surface area contributed by atoms with Crippen LogP contribution in [0.3, 0.4) is 0 Å². The smallest absolute Gasteiger partial charge is 1.00 e. The minimum Gasteiger partial charge on any atom is -1.00 e. The molecule has 44 valence electrons. The van der Waals surface area contributed by atoms with Gasteiger partial charge in [-0.2, -0.15) is 0 Å². The maximum atomic E-state index is 4.10. The van der Waals surface area contributed by atoms with E-state index in [1.807, 2.05) is 12.3 Å². The molecule has 1 heterocycles. The number of aryl methyl sites for hydroxylation is 1. The standard InChI is InChI=1S/C6H6N.BrH.Zn/c1-6-2-4-7-5-3-6;;/h2-4H,1H3;1H;/q;;+1/p-1. The molecule has 0 spiro atoms. The summed E-state index contributed by atoms with van der Waals surface area (Å²) in [6.07, 6.45) is 1.86. The Morgan fingerprint density at radius 1 is 1.56 bits per heavy atom. The Balaban J connectivity index is 0.000000640. The first-order valence-electron chi connectivity index (χ1n) is 2.53. The third kappa shape index (κ3) is 3.07. The van der Waals surface area contributed by atoms with Gasteiger partial charge in [-0.3, -0.25) is 0 Å². The van der Waals surface area contributed by atoms with Crippen LogP contribution in [-0.2, 0) is 18.3 Å². The van der Waals surface area contributed by atoms with E-state index in [0.717, 1.165) is 18.3 Å². The maximum absolute atomic E-state index is 4.10. The zero-order valence-electron chi connectivity index (χ0n) is 5.26. The van der Waals surface area contributed by atoms with Crippen LogP contribution in [0.5, 0.6) is 0 Å². The summed E-state index contributed by atoms with van der Waals surface area (Å²) < 4.78 is 1.21. The van der Waals surface area contributed by atoms with Crippen molar-refractivity contribution in [2.24, 2.45) is 0 Å². The summed E-state index contributed by atoms with van der Waals surface area (Å²) in [5.41, 5.74) is 1.31. The molecule has 0 atom stereocenters. The second kappa shape index (κ2) is 4.13. The first-order chi connectivity index (χ1) is 3.79. The molecule has 0 amide bonds. The third-order valence-corrected chi connectivity index (χ3v) is 1.78. The largest absolute Gasteiger partial charge is 1.00 e. The van der Waals surface area contributed by atoms with Crippen molar-refractivity contribution in [3.63, 3.8) is 0 Å². The summed E-state index contributed by atoms with van der Waals surface area (Å²) in [6.45, 7) is 2.08. The SMILES string of the molecule is Cc1ccn[c]([Zn+])c1.[Br-]. The number of aromatic nitrogens is 1. The van der Waals surface area contributed by atoms with Crippen LogP contribution in [0.1, 0.15) is 5.56 Å². The first kappa shape index (κ1) is 9.25. The molecule has 0 aliphatic heterocycles. The number of nitrogens with zero attached hydrogens (tertiary/aromatic N) is 1. The van der Waals surface area contributed by atoms with Gasteiger partial charge < -0.3 is 17.0 Å². The molecule has 0 saturated heterocycles. The molecule has 1 aromatic rings. The summed E-state index contributed by atoms with van der Waals surface area (Å²) in [5.74, 6) is 0. The van der Waals surface area contributed by atoms with E-state index < -0.39 is 0 Å². The van der Waals surface area contributed by atoms with Gasteiger partial charge in [-0.25, -0.2) is 0 Å². The molecule has 1 rings (SSSR count). The van der Waals surface area contributed by atoms with Crippen molar-refractivity contribution < 1.29 is 35.3 Å². The molecule has 1 nitrogen and oxygen atoms in total. The molecule has 0 fully saturated rings. The van der Waals surface area contributed by atoms with Gasteiger partial charge in [0.05, 0.1) is 0 Å². The topological polar surface area (TPSA) is 12.9 Å². The van der Waals surface area contributed by atoms with Gasteiger partial charge in [0.1, 0.15) is 0 Å². The van der Waals surface area contributed by atoms with Crippen molar-refractivity contribution in [2.45, 2.75) is 6.92 Å². The van der Waals surface area contributed by atoms with E-state index in [2.05, 4.69) is 18.0 Å². The van der Waals surface area contributed by atoms with E-state index in [-0.39, 0.29) is 17.0 Å². The van der Waals surface area contributed by atoms with Crippen molar-refractivity contribution in [2.75, 3.05) is 0 Å². The van der Waals surface area contributed by atoms with E-state index in [4.69, 9.17) is 0 Å². The fourth-order valence-electron chi connectivity index (χ4n) is 0.599. The number of halogens is 1. The van der Waals surface area contributed by atoms with Crippen molar-refractivity contribution in [3.05, 3.63) is 23.9 Å². The van der Waals surface area contributed by atoms with Crippen molar-refractivity contribution >= 4 is 4.29 Å². The fourth-order valence-corrected chi connectivity index (χ4v) is 1.50. The Bertz CT molecular complexity index is 173. The van der Waals surface area contributed by atoms with Crippen LogP contribution in [-0.4, -0.2) is 4.98 Å². The number of pyridine rings is 1. The average Bonchev–Trinajstić information content (AvgIpc) is 1.64.